The predicted octanol–water partition coefficient (Wildman–Crippen LogP) is 3.17. The van der Waals surface area contributed by atoms with Crippen LogP contribution in [0.3, 0.4) is 0 Å². The highest BCUT2D eigenvalue weighted by molar-refractivity contribution is 5.95. The molecule has 0 aliphatic heterocycles. The van der Waals surface area contributed by atoms with Crippen molar-refractivity contribution in [1.82, 2.24) is 10.3 Å². The summed E-state index contributed by atoms with van der Waals surface area (Å²) in [6.45, 7) is 1.28. The second kappa shape index (κ2) is 6.78. The lowest BCUT2D eigenvalue weighted by atomic mass is 9.74. The molecule has 8 heteroatoms. The van der Waals surface area contributed by atoms with Crippen LogP contribution in [0.5, 0.6) is 0 Å². The van der Waals surface area contributed by atoms with Gasteiger partial charge in [-0.2, -0.15) is 13.2 Å². The van der Waals surface area contributed by atoms with E-state index in [0.717, 1.165) is 31.4 Å². The van der Waals surface area contributed by atoms with Gasteiger partial charge in [0.05, 0.1) is 16.7 Å². The molecule has 1 fully saturated rings. The number of carboxylic acids is 1. The van der Waals surface area contributed by atoms with E-state index in [1.807, 2.05) is 0 Å². The van der Waals surface area contributed by atoms with Crippen LogP contribution in [0.2, 0.25) is 0 Å². The van der Waals surface area contributed by atoms with E-state index in [2.05, 4.69) is 10.3 Å². The molecular weight excluding hydrogens is 325 g/mol. The summed E-state index contributed by atoms with van der Waals surface area (Å²) in [6.07, 6.45) is -1.09. The summed E-state index contributed by atoms with van der Waals surface area (Å²) in [7, 11) is 0. The van der Waals surface area contributed by atoms with Crippen LogP contribution < -0.4 is 5.32 Å². The van der Waals surface area contributed by atoms with Crippen molar-refractivity contribution in [3.8, 4) is 0 Å². The number of aliphatic carboxylic acids is 1. The number of carbonyl (C=O) groups is 2. The predicted molar refractivity (Wildman–Crippen MR) is 79.5 cm³/mol. The van der Waals surface area contributed by atoms with E-state index in [1.165, 1.54) is 6.92 Å². The van der Waals surface area contributed by atoms with Crippen molar-refractivity contribution in [2.24, 2.45) is 5.41 Å². The maximum absolute atomic E-state index is 12.6. The van der Waals surface area contributed by atoms with Gasteiger partial charge < -0.3 is 10.4 Å². The zero-order valence-electron chi connectivity index (χ0n) is 13.2. The van der Waals surface area contributed by atoms with Crippen molar-refractivity contribution < 1.29 is 27.9 Å². The first-order valence-electron chi connectivity index (χ1n) is 7.72. The normalized spacial score (nSPS) is 17.3. The number of amides is 1. The number of carbonyl (C=O) groups excluding carboxylic acids is 1. The highest BCUT2D eigenvalue weighted by Crippen LogP contribution is 2.36. The van der Waals surface area contributed by atoms with Crippen LogP contribution >= 0.6 is 0 Å². The maximum Gasteiger partial charge on any atom is 0.433 e. The number of aromatic nitrogens is 1. The molecule has 1 aliphatic carbocycles. The fourth-order valence-electron chi connectivity index (χ4n) is 3.00. The third-order valence-corrected chi connectivity index (χ3v) is 4.47. The number of nitrogens with one attached hydrogen (secondary N) is 1. The molecule has 1 saturated carbocycles. The molecule has 2 N–H and O–H groups in total. The van der Waals surface area contributed by atoms with Gasteiger partial charge in [-0.15, -0.1) is 0 Å². The third kappa shape index (κ3) is 3.85. The number of halogens is 3. The van der Waals surface area contributed by atoms with Crippen molar-refractivity contribution in [2.75, 3.05) is 6.54 Å². The molecule has 0 radical (unpaired) electrons. The number of rotatable bonds is 4. The fourth-order valence-corrected chi connectivity index (χ4v) is 3.00. The minimum atomic E-state index is -4.57. The van der Waals surface area contributed by atoms with Gasteiger partial charge in [-0.3, -0.25) is 9.59 Å². The van der Waals surface area contributed by atoms with E-state index < -0.39 is 29.2 Å². The van der Waals surface area contributed by atoms with Gasteiger partial charge in [0.15, 0.2) is 0 Å². The molecule has 1 aromatic heterocycles. The van der Waals surface area contributed by atoms with Gasteiger partial charge >= 0.3 is 12.1 Å². The number of hydrogen-bond donors (Lipinski definition) is 2. The lowest BCUT2D eigenvalue weighted by Gasteiger charge is -2.33. The third-order valence-electron chi connectivity index (χ3n) is 4.47. The Labute approximate surface area is 137 Å². The molecule has 1 aromatic rings. The van der Waals surface area contributed by atoms with Crippen molar-refractivity contribution in [3.63, 3.8) is 0 Å². The molecule has 1 heterocycles. The molecular formula is C16H19F3N2O3. The lowest BCUT2D eigenvalue weighted by Crippen LogP contribution is -2.44. The van der Waals surface area contributed by atoms with Gasteiger partial charge in [-0.05, 0) is 31.9 Å². The Hall–Kier alpha value is -2.12. The SMILES string of the molecule is Cc1nc(C(F)(F)F)ccc1C(=O)NCC1(C(=O)O)CCCCC1. The first-order chi connectivity index (χ1) is 11.2. The molecule has 0 saturated heterocycles. The molecule has 5 nitrogen and oxygen atoms in total. The van der Waals surface area contributed by atoms with Crippen molar-refractivity contribution in [3.05, 3.63) is 29.1 Å². The van der Waals surface area contributed by atoms with Crippen LogP contribution in [0.15, 0.2) is 12.1 Å². The Balaban J connectivity index is 2.11. The molecule has 2 rings (SSSR count). The molecule has 0 unspecified atom stereocenters. The summed E-state index contributed by atoms with van der Waals surface area (Å²) < 4.78 is 37.8. The van der Waals surface area contributed by atoms with Gasteiger partial charge in [-0.1, -0.05) is 19.3 Å². The van der Waals surface area contributed by atoms with E-state index in [9.17, 15) is 27.9 Å². The largest absolute Gasteiger partial charge is 0.481 e. The summed E-state index contributed by atoms with van der Waals surface area (Å²) in [5.74, 6) is -1.57. The summed E-state index contributed by atoms with van der Waals surface area (Å²) in [5.41, 5.74) is -2.10. The molecule has 24 heavy (non-hydrogen) atoms. The molecule has 0 spiro atoms. The van der Waals surface area contributed by atoms with Gasteiger partial charge in [0.2, 0.25) is 0 Å². The number of hydrogen-bond acceptors (Lipinski definition) is 3. The van der Waals surface area contributed by atoms with Crippen LogP contribution in [-0.4, -0.2) is 28.5 Å². The molecule has 0 bridgehead atoms. The zero-order chi connectivity index (χ0) is 18.0. The first kappa shape index (κ1) is 18.2. The van der Waals surface area contributed by atoms with Gasteiger partial charge in [-0.25, -0.2) is 4.98 Å². The van der Waals surface area contributed by atoms with E-state index in [4.69, 9.17) is 0 Å². The highest BCUT2D eigenvalue weighted by atomic mass is 19.4. The Morgan fingerprint density at radius 1 is 1.25 bits per heavy atom. The topological polar surface area (TPSA) is 79.3 Å². The average Bonchev–Trinajstić information content (AvgIpc) is 2.52. The summed E-state index contributed by atoms with van der Waals surface area (Å²) in [6, 6.07) is 1.81. The standard InChI is InChI=1S/C16H19F3N2O3/c1-10-11(5-6-12(21-10)16(17,18)19)13(22)20-9-15(14(23)24)7-3-2-4-8-15/h5-6H,2-4,7-9H2,1H3,(H,20,22)(H,23,24). The maximum atomic E-state index is 12.6. The number of pyridine rings is 1. The Kier molecular flexibility index (Phi) is 5.15. The highest BCUT2D eigenvalue weighted by Gasteiger charge is 2.40. The van der Waals surface area contributed by atoms with Crippen molar-refractivity contribution in [2.45, 2.75) is 45.2 Å². The number of nitrogens with zero attached hydrogens (tertiary/aromatic N) is 1. The lowest BCUT2D eigenvalue weighted by molar-refractivity contribution is -0.150. The Morgan fingerprint density at radius 2 is 1.88 bits per heavy atom. The van der Waals surface area contributed by atoms with Crippen LogP contribution in [0, 0.1) is 12.3 Å². The quantitative estimate of drug-likeness (QED) is 0.879. The molecule has 1 amide bonds. The molecule has 0 atom stereocenters. The smallest absolute Gasteiger partial charge is 0.433 e. The molecule has 132 valence electrons. The van der Waals surface area contributed by atoms with E-state index in [-0.39, 0.29) is 17.8 Å². The second-order valence-corrected chi connectivity index (χ2v) is 6.16. The van der Waals surface area contributed by atoms with Crippen molar-refractivity contribution in [1.29, 1.82) is 0 Å². The Bertz CT molecular complexity index is 638. The van der Waals surface area contributed by atoms with Crippen LogP contribution in [0.4, 0.5) is 13.2 Å². The minimum absolute atomic E-state index is 0.0133. The van der Waals surface area contributed by atoms with Gasteiger partial charge in [0.25, 0.3) is 5.91 Å². The number of carboxylic acid groups (broad SMARTS) is 1. The van der Waals surface area contributed by atoms with Crippen molar-refractivity contribution >= 4 is 11.9 Å². The summed E-state index contributed by atoms with van der Waals surface area (Å²) in [4.78, 5) is 27.2. The number of alkyl halides is 3. The summed E-state index contributed by atoms with van der Waals surface area (Å²) >= 11 is 0. The van der Waals surface area contributed by atoms with Crippen LogP contribution in [0.1, 0.15) is 53.8 Å². The van der Waals surface area contributed by atoms with E-state index >= 15 is 0 Å². The van der Waals surface area contributed by atoms with E-state index in [0.29, 0.717) is 12.8 Å². The number of aryl methyl sites for hydroxylation is 1. The van der Waals surface area contributed by atoms with E-state index in [1.54, 1.807) is 0 Å². The molecule has 1 aliphatic rings. The zero-order valence-corrected chi connectivity index (χ0v) is 13.2. The van der Waals surface area contributed by atoms with Crippen LogP contribution in [-0.2, 0) is 11.0 Å². The fraction of sp³-hybridized carbons (Fsp3) is 0.562. The first-order valence-corrected chi connectivity index (χ1v) is 7.72. The van der Waals surface area contributed by atoms with Gasteiger partial charge in [0, 0.05) is 6.54 Å². The Morgan fingerprint density at radius 3 is 2.38 bits per heavy atom. The monoisotopic (exact) mass is 344 g/mol. The minimum Gasteiger partial charge on any atom is -0.481 e. The molecule has 0 aromatic carbocycles. The van der Waals surface area contributed by atoms with Gasteiger partial charge in [0.1, 0.15) is 5.69 Å². The van der Waals surface area contributed by atoms with Crippen LogP contribution in [0.25, 0.3) is 0 Å². The summed E-state index contributed by atoms with van der Waals surface area (Å²) in [5, 5.41) is 12.0. The average molecular weight is 344 g/mol. The second-order valence-electron chi connectivity index (χ2n) is 6.16.